The standard InChI is InChI=1S/C18H18N2O4/c1-17(15(23)19-16(24)20-17)14(22)18(11-21)9-7-13(8-10-18)12-5-3-2-4-6-12/h2-9,11,14,22H,10H2,1H3,(H2,19,20,23,24). The van der Waals surface area contributed by atoms with E-state index >= 15 is 0 Å². The maximum atomic E-state index is 12.0. The van der Waals surface area contributed by atoms with E-state index in [-0.39, 0.29) is 6.42 Å². The van der Waals surface area contributed by atoms with Crippen LogP contribution in [0.1, 0.15) is 18.9 Å². The molecular weight excluding hydrogens is 308 g/mol. The minimum Gasteiger partial charge on any atom is -0.389 e. The number of allylic oxidation sites excluding steroid dienone is 3. The van der Waals surface area contributed by atoms with Crippen LogP contribution in [0.15, 0.2) is 48.6 Å². The number of amides is 3. The van der Waals surface area contributed by atoms with Gasteiger partial charge in [0.2, 0.25) is 0 Å². The van der Waals surface area contributed by atoms with Crippen LogP contribution in [-0.4, -0.2) is 35.0 Å². The van der Waals surface area contributed by atoms with Gasteiger partial charge >= 0.3 is 6.03 Å². The second-order valence-corrected chi connectivity index (χ2v) is 6.31. The van der Waals surface area contributed by atoms with E-state index in [1.54, 1.807) is 12.2 Å². The summed E-state index contributed by atoms with van der Waals surface area (Å²) in [6.45, 7) is 1.41. The predicted molar refractivity (Wildman–Crippen MR) is 87.8 cm³/mol. The Bertz CT molecular complexity index is 756. The molecule has 124 valence electrons. The van der Waals surface area contributed by atoms with E-state index in [4.69, 9.17) is 0 Å². The largest absolute Gasteiger partial charge is 0.389 e. The first-order chi connectivity index (χ1) is 11.4. The lowest BCUT2D eigenvalue weighted by Crippen LogP contribution is -2.60. The first-order valence-corrected chi connectivity index (χ1v) is 7.64. The van der Waals surface area contributed by atoms with Gasteiger partial charge in [0.15, 0.2) is 0 Å². The molecule has 1 heterocycles. The molecule has 2 aliphatic rings. The Labute approximate surface area is 139 Å². The van der Waals surface area contributed by atoms with E-state index in [1.165, 1.54) is 6.92 Å². The molecule has 1 fully saturated rings. The van der Waals surface area contributed by atoms with Crippen LogP contribution in [0.3, 0.4) is 0 Å². The van der Waals surface area contributed by atoms with Gasteiger partial charge in [0.1, 0.15) is 17.9 Å². The quantitative estimate of drug-likeness (QED) is 0.572. The first-order valence-electron chi connectivity index (χ1n) is 7.64. The number of carbonyl (C=O) groups is 3. The van der Waals surface area contributed by atoms with Gasteiger partial charge in [0.05, 0.1) is 5.41 Å². The summed E-state index contributed by atoms with van der Waals surface area (Å²) in [5, 5.41) is 15.3. The van der Waals surface area contributed by atoms with E-state index in [0.29, 0.717) is 6.29 Å². The number of benzene rings is 1. The van der Waals surface area contributed by atoms with Gasteiger partial charge in [-0.2, -0.15) is 0 Å². The Hall–Kier alpha value is -2.73. The number of rotatable bonds is 4. The molecule has 3 unspecified atom stereocenters. The van der Waals surface area contributed by atoms with Crippen molar-refractivity contribution in [2.75, 3.05) is 0 Å². The highest BCUT2D eigenvalue weighted by atomic mass is 16.3. The molecule has 0 aromatic heterocycles. The maximum Gasteiger partial charge on any atom is 0.322 e. The molecule has 24 heavy (non-hydrogen) atoms. The number of aliphatic hydroxyl groups is 1. The molecule has 1 aromatic rings. The molecule has 0 saturated carbocycles. The fraction of sp³-hybridized carbons (Fsp3) is 0.278. The normalized spacial score (nSPS) is 30.3. The topological polar surface area (TPSA) is 95.5 Å². The highest BCUT2D eigenvalue weighted by Crippen LogP contribution is 2.39. The number of nitrogens with one attached hydrogen (secondary N) is 2. The third-order valence-electron chi connectivity index (χ3n) is 4.70. The average Bonchev–Trinajstić information content (AvgIpc) is 2.88. The van der Waals surface area contributed by atoms with Gasteiger partial charge < -0.3 is 15.2 Å². The van der Waals surface area contributed by atoms with Crippen molar-refractivity contribution in [3.8, 4) is 0 Å². The Morgan fingerprint density at radius 1 is 1.25 bits per heavy atom. The molecule has 6 heteroatoms. The van der Waals surface area contributed by atoms with Gasteiger partial charge in [-0.1, -0.05) is 48.6 Å². The van der Waals surface area contributed by atoms with Crippen LogP contribution in [-0.2, 0) is 9.59 Å². The summed E-state index contributed by atoms with van der Waals surface area (Å²) < 4.78 is 0. The van der Waals surface area contributed by atoms with Crippen molar-refractivity contribution in [2.45, 2.75) is 25.0 Å². The third kappa shape index (κ3) is 2.45. The number of carbonyl (C=O) groups excluding carboxylic acids is 3. The lowest BCUT2D eigenvalue weighted by Gasteiger charge is -2.39. The molecule has 3 atom stereocenters. The van der Waals surface area contributed by atoms with Crippen LogP contribution in [0, 0.1) is 5.41 Å². The number of hydrogen-bond acceptors (Lipinski definition) is 4. The summed E-state index contributed by atoms with van der Waals surface area (Å²) in [7, 11) is 0. The first kappa shape index (κ1) is 16.1. The zero-order valence-corrected chi connectivity index (χ0v) is 13.2. The molecule has 3 amide bonds. The molecule has 3 rings (SSSR count). The van der Waals surface area contributed by atoms with Crippen LogP contribution in [0.2, 0.25) is 0 Å². The summed E-state index contributed by atoms with van der Waals surface area (Å²) in [6, 6.07) is 8.97. The molecule has 1 saturated heterocycles. The minimum absolute atomic E-state index is 0.233. The van der Waals surface area contributed by atoms with Crippen LogP contribution in [0.25, 0.3) is 5.57 Å². The molecule has 3 N–H and O–H groups in total. The summed E-state index contributed by atoms with van der Waals surface area (Å²) in [6.07, 6.45) is 4.70. The molecule has 1 aromatic carbocycles. The van der Waals surface area contributed by atoms with Crippen LogP contribution in [0.5, 0.6) is 0 Å². The number of urea groups is 1. The Balaban J connectivity index is 1.89. The monoisotopic (exact) mass is 326 g/mol. The molecule has 0 bridgehead atoms. The molecule has 1 aliphatic carbocycles. The molecule has 1 aliphatic heterocycles. The fourth-order valence-electron chi connectivity index (χ4n) is 3.15. The zero-order valence-electron chi connectivity index (χ0n) is 13.2. The van der Waals surface area contributed by atoms with Gasteiger partial charge in [0.25, 0.3) is 5.91 Å². The number of aldehydes is 1. The Morgan fingerprint density at radius 2 is 1.96 bits per heavy atom. The summed E-state index contributed by atoms with van der Waals surface area (Å²) >= 11 is 0. The second-order valence-electron chi connectivity index (χ2n) is 6.31. The van der Waals surface area contributed by atoms with E-state index in [1.807, 2.05) is 36.4 Å². The average molecular weight is 326 g/mol. The van der Waals surface area contributed by atoms with Crippen molar-refractivity contribution >= 4 is 23.8 Å². The Morgan fingerprint density at radius 3 is 2.46 bits per heavy atom. The number of aliphatic hydroxyl groups excluding tert-OH is 1. The molecule has 0 spiro atoms. The van der Waals surface area contributed by atoms with Gasteiger partial charge in [-0.15, -0.1) is 0 Å². The Kier molecular flexibility index (Phi) is 3.85. The highest BCUT2D eigenvalue weighted by Gasteiger charge is 2.55. The van der Waals surface area contributed by atoms with E-state index in [2.05, 4.69) is 10.6 Å². The van der Waals surface area contributed by atoms with E-state index in [9.17, 15) is 19.5 Å². The fourth-order valence-corrected chi connectivity index (χ4v) is 3.15. The summed E-state index contributed by atoms with van der Waals surface area (Å²) in [5.41, 5.74) is -0.895. The van der Waals surface area contributed by atoms with Gasteiger partial charge in [0, 0.05) is 0 Å². The zero-order chi connectivity index (χ0) is 17.4. The van der Waals surface area contributed by atoms with Gasteiger partial charge in [-0.05, 0) is 24.5 Å². The maximum absolute atomic E-state index is 12.0. The van der Waals surface area contributed by atoms with Crippen molar-refractivity contribution in [2.24, 2.45) is 5.41 Å². The van der Waals surface area contributed by atoms with Crippen molar-refractivity contribution in [3.63, 3.8) is 0 Å². The second kappa shape index (κ2) is 5.72. The van der Waals surface area contributed by atoms with Crippen molar-refractivity contribution in [1.82, 2.24) is 10.6 Å². The smallest absolute Gasteiger partial charge is 0.322 e. The van der Waals surface area contributed by atoms with Crippen molar-refractivity contribution in [3.05, 3.63) is 54.1 Å². The van der Waals surface area contributed by atoms with E-state index < -0.39 is 29.0 Å². The van der Waals surface area contributed by atoms with Crippen LogP contribution >= 0.6 is 0 Å². The minimum atomic E-state index is -1.56. The molecule has 0 radical (unpaired) electrons. The predicted octanol–water partition coefficient (Wildman–Crippen LogP) is 1.17. The van der Waals surface area contributed by atoms with Gasteiger partial charge in [-0.3, -0.25) is 10.1 Å². The van der Waals surface area contributed by atoms with E-state index in [0.717, 1.165) is 11.1 Å². The highest BCUT2D eigenvalue weighted by molar-refractivity contribution is 6.07. The third-order valence-corrected chi connectivity index (χ3v) is 4.70. The summed E-state index contributed by atoms with van der Waals surface area (Å²) in [4.78, 5) is 35.2. The summed E-state index contributed by atoms with van der Waals surface area (Å²) in [5.74, 6) is -0.646. The molecular formula is C18H18N2O4. The molecule has 6 nitrogen and oxygen atoms in total. The van der Waals surface area contributed by atoms with Crippen LogP contribution < -0.4 is 10.6 Å². The van der Waals surface area contributed by atoms with Crippen molar-refractivity contribution in [1.29, 1.82) is 0 Å². The van der Waals surface area contributed by atoms with Crippen LogP contribution in [0.4, 0.5) is 4.79 Å². The SMILES string of the molecule is CC1(C(O)C2(C=O)C=CC(c3ccccc3)=CC2)NC(=O)NC1=O. The number of hydrogen-bond donors (Lipinski definition) is 3. The van der Waals surface area contributed by atoms with Crippen molar-refractivity contribution < 1.29 is 19.5 Å². The van der Waals surface area contributed by atoms with Gasteiger partial charge in [-0.25, -0.2) is 4.79 Å². The lowest BCUT2D eigenvalue weighted by molar-refractivity contribution is -0.134. The number of imide groups is 1. The lowest BCUT2D eigenvalue weighted by atomic mass is 9.69.